The van der Waals surface area contributed by atoms with Gasteiger partial charge in [-0.25, -0.2) is 4.98 Å². The van der Waals surface area contributed by atoms with E-state index < -0.39 is 0 Å². The van der Waals surface area contributed by atoms with Crippen LogP contribution in [0.15, 0.2) is 52.4 Å². The molecule has 0 unspecified atom stereocenters. The van der Waals surface area contributed by atoms with Crippen molar-refractivity contribution in [1.82, 2.24) is 9.55 Å². The molecule has 0 aliphatic heterocycles. The largest absolute Gasteiger partial charge is 0.268 e. The minimum Gasteiger partial charge on any atom is -0.268 e. The molecule has 5 heteroatoms. The van der Waals surface area contributed by atoms with Gasteiger partial charge in [-0.3, -0.25) is 9.36 Å². The van der Waals surface area contributed by atoms with Crippen molar-refractivity contribution in [2.75, 3.05) is 0 Å². The first kappa shape index (κ1) is 16.3. The van der Waals surface area contributed by atoms with E-state index in [0.29, 0.717) is 16.1 Å². The van der Waals surface area contributed by atoms with Gasteiger partial charge in [-0.05, 0) is 44.5 Å². The average Bonchev–Trinajstić information content (AvgIpc) is 2.56. The van der Waals surface area contributed by atoms with E-state index in [-0.39, 0.29) is 10.8 Å². The molecule has 0 aliphatic carbocycles. The third-order valence-corrected chi connectivity index (χ3v) is 4.75. The minimum absolute atomic E-state index is 0.111. The first-order chi connectivity index (χ1) is 11.5. The van der Waals surface area contributed by atoms with Gasteiger partial charge in [0.25, 0.3) is 5.56 Å². The zero-order chi connectivity index (χ0) is 17.3. The number of para-hydroxylation sites is 1. The summed E-state index contributed by atoms with van der Waals surface area (Å²) in [5.41, 5.74) is 3.48. The van der Waals surface area contributed by atoms with Crippen LogP contribution >= 0.6 is 11.8 Å². The molecule has 120 valence electrons. The van der Waals surface area contributed by atoms with Crippen molar-refractivity contribution in [2.45, 2.75) is 31.2 Å². The van der Waals surface area contributed by atoms with Crippen LogP contribution in [0.4, 0.5) is 0 Å². The maximum atomic E-state index is 13.1. The highest BCUT2D eigenvalue weighted by Gasteiger charge is 2.16. The maximum Gasteiger partial charge on any atom is 0.266 e. The molecule has 1 heterocycles. The zero-order valence-electron chi connectivity index (χ0n) is 13.8. The van der Waals surface area contributed by atoms with E-state index >= 15 is 0 Å². The van der Waals surface area contributed by atoms with Crippen molar-refractivity contribution in [3.8, 4) is 11.8 Å². The summed E-state index contributed by atoms with van der Waals surface area (Å²) in [7, 11) is 0. The Bertz CT molecular complexity index is 1020. The van der Waals surface area contributed by atoms with Crippen LogP contribution in [0.1, 0.15) is 18.1 Å². The summed E-state index contributed by atoms with van der Waals surface area (Å²) in [6.07, 6.45) is 0. The Morgan fingerprint density at radius 2 is 1.96 bits per heavy atom. The van der Waals surface area contributed by atoms with E-state index in [4.69, 9.17) is 5.26 Å². The fourth-order valence-electron chi connectivity index (χ4n) is 2.64. The molecule has 0 saturated carbocycles. The molecule has 0 N–H and O–H groups in total. The molecule has 24 heavy (non-hydrogen) atoms. The summed E-state index contributed by atoms with van der Waals surface area (Å²) in [5.74, 6) is 0. The molecular weight excluding hydrogens is 318 g/mol. The second kappa shape index (κ2) is 6.50. The molecule has 4 nitrogen and oxygen atoms in total. The smallest absolute Gasteiger partial charge is 0.266 e. The van der Waals surface area contributed by atoms with Gasteiger partial charge in [0, 0.05) is 0 Å². The quantitative estimate of drug-likeness (QED) is 0.536. The summed E-state index contributed by atoms with van der Waals surface area (Å²) >= 11 is 1.30. The van der Waals surface area contributed by atoms with Gasteiger partial charge < -0.3 is 0 Å². The summed E-state index contributed by atoms with van der Waals surface area (Å²) in [4.78, 5) is 17.7. The van der Waals surface area contributed by atoms with E-state index in [9.17, 15) is 4.79 Å². The van der Waals surface area contributed by atoms with Gasteiger partial charge in [0.15, 0.2) is 5.16 Å². The number of aryl methyl sites for hydroxylation is 2. The Kier molecular flexibility index (Phi) is 4.41. The maximum absolute atomic E-state index is 13.1. The fraction of sp³-hybridized carbons (Fsp3) is 0.211. The normalized spacial score (nSPS) is 12.1. The number of aromatic nitrogens is 2. The number of rotatable bonds is 3. The van der Waals surface area contributed by atoms with Gasteiger partial charge in [-0.2, -0.15) is 5.26 Å². The Morgan fingerprint density at radius 3 is 2.67 bits per heavy atom. The molecule has 0 radical (unpaired) electrons. The lowest BCUT2D eigenvalue weighted by Crippen LogP contribution is -2.23. The Morgan fingerprint density at radius 1 is 1.21 bits per heavy atom. The third-order valence-electron chi connectivity index (χ3n) is 3.80. The highest BCUT2D eigenvalue weighted by molar-refractivity contribution is 8.00. The predicted octanol–water partition coefficient (Wildman–Crippen LogP) is 4.01. The lowest BCUT2D eigenvalue weighted by atomic mass is 10.1. The van der Waals surface area contributed by atoms with Crippen LogP contribution in [0.25, 0.3) is 16.6 Å². The molecule has 0 aliphatic rings. The molecule has 0 bridgehead atoms. The average molecular weight is 335 g/mol. The lowest BCUT2D eigenvalue weighted by molar-refractivity contribution is 0.812. The van der Waals surface area contributed by atoms with Crippen LogP contribution in [0.5, 0.6) is 0 Å². The summed E-state index contributed by atoms with van der Waals surface area (Å²) in [6.45, 7) is 5.80. The molecule has 3 aromatic rings. The molecule has 2 aromatic carbocycles. The molecule has 0 fully saturated rings. The van der Waals surface area contributed by atoms with Gasteiger partial charge >= 0.3 is 0 Å². The Labute approximate surface area is 144 Å². The molecule has 1 aromatic heterocycles. The van der Waals surface area contributed by atoms with Gasteiger partial charge in [-0.15, -0.1) is 0 Å². The fourth-order valence-corrected chi connectivity index (χ4v) is 3.45. The minimum atomic E-state index is -0.296. The number of fused-ring (bicyclic) bond motifs is 1. The highest BCUT2D eigenvalue weighted by atomic mass is 32.2. The van der Waals surface area contributed by atoms with Crippen molar-refractivity contribution in [3.63, 3.8) is 0 Å². The molecular formula is C19H17N3OS. The predicted molar refractivity (Wildman–Crippen MR) is 97.7 cm³/mol. The number of thioether (sulfide) groups is 1. The summed E-state index contributed by atoms with van der Waals surface area (Å²) in [6, 6.07) is 15.4. The molecule has 0 spiro atoms. The lowest BCUT2D eigenvalue weighted by Gasteiger charge is -2.16. The van der Waals surface area contributed by atoms with Crippen LogP contribution in [0.2, 0.25) is 0 Å². The Balaban J connectivity index is 2.35. The third kappa shape index (κ3) is 2.93. The number of benzene rings is 2. The van der Waals surface area contributed by atoms with Gasteiger partial charge in [-0.1, -0.05) is 41.6 Å². The number of nitrogens with zero attached hydrogens (tertiary/aromatic N) is 3. The molecule has 3 rings (SSSR count). The second-order valence-corrected chi connectivity index (χ2v) is 7.04. The monoisotopic (exact) mass is 335 g/mol. The first-order valence-corrected chi connectivity index (χ1v) is 8.55. The van der Waals surface area contributed by atoms with Crippen molar-refractivity contribution in [1.29, 1.82) is 5.26 Å². The summed E-state index contributed by atoms with van der Waals surface area (Å²) in [5, 5.41) is 9.97. The topological polar surface area (TPSA) is 58.7 Å². The Hall–Kier alpha value is -2.58. The summed E-state index contributed by atoms with van der Waals surface area (Å²) < 4.78 is 1.62. The van der Waals surface area contributed by atoms with Crippen molar-refractivity contribution in [2.24, 2.45) is 0 Å². The first-order valence-electron chi connectivity index (χ1n) is 7.67. The molecule has 1 atom stereocenters. The van der Waals surface area contributed by atoms with Crippen molar-refractivity contribution < 1.29 is 0 Å². The van der Waals surface area contributed by atoms with E-state index in [1.807, 2.05) is 50.2 Å². The van der Waals surface area contributed by atoms with E-state index in [0.717, 1.165) is 16.8 Å². The van der Waals surface area contributed by atoms with Gasteiger partial charge in [0.05, 0.1) is 27.9 Å². The number of nitriles is 1. The van der Waals surface area contributed by atoms with Crippen LogP contribution in [0.3, 0.4) is 0 Å². The molecule has 0 saturated heterocycles. The second-order valence-electron chi connectivity index (χ2n) is 5.73. The SMILES string of the molecule is Cc1ccc(-n2c(S[C@H](C)C#N)nc3ccccc3c2=O)c(C)c1. The highest BCUT2D eigenvalue weighted by Crippen LogP contribution is 2.26. The van der Waals surface area contributed by atoms with Crippen LogP contribution < -0.4 is 5.56 Å². The zero-order valence-corrected chi connectivity index (χ0v) is 14.6. The van der Waals surface area contributed by atoms with Crippen LogP contribution in [0, 0.1) is 25.2 Å². The molecule has 0 amide bonds. The van der Waals surface area contributed by atoms with Crippen molar-refractivity contribution >= 4 is 22.7 Å². The number of hydrogen-bond donors (Lipinski definition) is 0. The number of hydrogen-bond acceptors (Lipinski definition) is 4. The van der Waals surface area contributed by atoms with Crippen LogP contribution in [-0.2, 0) is 0 Å². The standard InChI is InChI=1S/C19H17N3OS/c1-12-8-9-17(13(2)10-12)22-18(23)15-6-4-5-7-16(15)21-19(22)24-14(3)11-20/h4-10,14H,1-3H3/t14-/m1/s1. The van der Waals surface area contributed by atoms with E-state index in [1.54, 1.807) is 17.6 Å². The van der Waals surface area contributed by atoms with E-state index in [2.05, 4.69) is 11.1 Å². The van der Waals surface area contributed by atoms with Crippen LogP contribution in [-0.4, -0.2) is 14.8 Å². The van der Waals surface area contributed by atoms with Gasteiger partial charge in [0.2, 0.25) is 0 Å². The van der Waals surface area contributed by atoms with Crippen molar-refractivity contribution in [3.05, 3.63) is 63.9 Å². The van der Waals surface area contributed by atoms with E-state index in [1.165, 1.54) is 11.8 Å². The van der Waals surface area contributed by atoms with Gasteiger partial charge in [0.1, 0.15) is 0 Å².